The summed E-state index contributed by atoms with van der Waals surface area (Å²) in [6.07, 6.45) is -0.420. The van der Waals surface area contributed by atoms with Crippen LogP contribution in [0, 0.1) is 17.0 Å². The molecule has 0 aromatic heterocycles. The van der Waals surface area contributed by atoms with E-state index in [-0.39, 0.29) is 21.8 Å². The first-order valence-electron chi connectivity index (χ1n) is 11.1. The van der Waals surface area contributed by atoms with Gasteiger partial charge >= 0.3 is 5.97 Å². The molecule has 1 atom stereocenters. The summed E-state index contributed by atoms with van der Waals surface area (Å²) in [6.45, 7) is 3.43. The number of carbonyl (C=O) groups excluding carboxylic acids is 2. The fourth-order valence-electron chi connectivity index (χ4n) is 4.00. The Labute approximate surface area is 207 Å². The summed E-state index contributed by atoms with van der Waals surface area (Å²) in [4.78, 5) is 37.6. The van der Waals surface area contributed by atoms with Gasteiger partial charge in [0.2, 0.25) is 0 Å². The normalized spacial score (nSPS) is 13.6. The lowest BCUT2D eigenvalue weighted by Crippen LogP contribution is -2.39. The van der Waals surface area contributed by atoms with Crippen LogP contribution in [0.1, 0.15) is 28.4 Å². The number of nitro groups is 1. The zero-order valence-corrected chi connectivity index (χ0v) is 20.3. The van der Waals surface area contributed by atoms with Crippen molar-refractivity contribution in [2.24, 2.45) is 0 Å². The molecule has 0 spiro atoms. The number of amides is 1. The average Bonchev–Trinajstić information content (AvgIpc) is 3.27. The van der Waals surface area contributed by atoms with Crippen LogP contribution in [0.3, 0.4) is 0 Å². The maximum Gasteiger partial charge on any atom is 0.341 e. The van der Waals surface area contributed by atoms with Crippen LogP contribution in [0.4, 0.5) is 17.1 Å². The molecule has 1 N–H and O–H groups in total. The first-order valence-corrected chi connectivity index (χ1v) is 12.5. The van der Waals surface area contributed by atoms with Crippen molar-refractivity contribution in [2.45, 2.75) is 31.3 Å². The molecule has 36 heavy (non-hydrogen) atoms. The van der Waals surface area contributed by atoms with Crippen LogP contribution < -0.4 is 9.62 Å². The summed E-state index contributed by atoms with van der Waals surface area (Å²) in [6, 6.07) is 16.7. The summed E-state index contributed by atoms with van der Waals surface area (Å²) in [5.41, 5.74) is 1.51. The van der Waals surface area contributed by atoms with Gasteiger partial charge in [-0.3, -0.25) is 19.6 Å². The Morgan fingerprint density at radius 1 is 1.08 bits per heavy atom. The minimum Gasteiger partial charge on any atom is -0.449 e. The van der Waals surface area contributed by atoms with Crippen molar-refractivity contribution in [3.63, 3.8) is 0 Å². The lowest BCUT2D eigenvalue weighted by atomic mass is 10.2. The standard InChI is InChI=1S/C25H23N3O7S/c1-16-11-12-19(28(31)32)15-23(16)36(33,34)26-21-9-5-4-8-20(21)25(30)35-17(2)24(29)27-14-13-18-7-3-6-10-22(18)27/h3-12,15,17,26H,13-14H2,1-2H3/t17-/m1/s1. The highest BCUT2D eigenvalue weighted by Crippen LogP contribution is 2.29. The second kappa shape index (κ2) is 9.78. The van der Waals surface area contributed by atoms with Gasteiger partial charge in [0.25, 0.3) is 21.6 Å². The number of ether oxygens (including phenoxy) is 1. The highest BCUT2D eigenvalue weighted by molar-refractivity contribution is 7.92. The van der Waals surface area contributed by atoms with Gasteiger partial charge in [-0.15, -0.1) is 0 Å². The Balaban J connectivity index is 1.54. The Kier molecular flexibility index (Phi) is 6.75. The van der Waals surface area contributed by atoms with E-state index in [4.69, 9.17) is 4.74 Å². The predicted molar refractivity (Wildman–Crippen MR) is 132 cm³/mol. The number of hydrogen-bond acceptors (Lipinski definition) is 7. The summed E-state index contributed by atoms with van der Waals surface area (Å²) < 4.78 is 33.8. The van der Waals surface area contributed by atoms with Crippen LogP contribution in [0.25, 0.3) is 0 Å². The third-order valence-corrected chi connectivity index (χ3v) is 7.36. The van der Waals surface area contributed by atoms with E-state index in [0.29, 0.717) is 18.5 Å². The third kappa shape index (κ3) is 4.91. The van der Waals surface area contributed by atoms with Crippen molar-refractivity contribution < 1.29 is 27.7 Å². The molecular formula is C25H23N3O7S. The van der Waals surface area contributed by atoms with Gasteiger partial charge in [0, 0.05) is 24.4 Å². The molecule has 0 radical (unpaired) electrons. The molecule has 3 aromatic carbocycles. The fourth-order valence-corrected chi connectivity index (χ4v) is 5.35. The molecule has 11 heteroatoms. The molecule has 10 nitrogen and oxygen atoms in total. The highest BCUT2D eigenvalue weighted by atomic mass is 32.2. The number of non-ortho nitro benzene ring substituents is 1. The lowest BCUT2D eigenvalue weighted by molar-refractivity contribution is -0.385. The molecular weight excluding hydrogens is 486 g/mol. The van der Waals surface area contributed by atoms with E-state index in [9.17, 15) is 28.1 Å². The number of nitrogens with zero attached hydrogens (tertiary/aromatic N) is 2. The maximum atomic E-state index is 13.0. The zero-order valence-electron chi connectivity index (χ0n) is 19.5. The molecule has 0 bridgehead atoms. The molecule has 1 aliphatic rings. The van der Waals surface area contributed by atoms with Gasteiger partial charge in [-0.05, 0) is 49.6 Å². The van der Waals surface area contributed by atoms with Crippen LogP contribution >= 0.6 is 0 Å². The van der Waals surface area contributed by atoms with Crippen molar-refractivity contribution in [2.75, 3.05) is 16.2 Å². The summed E-state index contributed by atoms with van der Waals surface area (Å²) in [5, 5.41) is 11.1. The largest absolute Gasteiger partial charge is 0.449 e. The average molecular weight is 510 g/mol. The minimum atomic E-state index is -4.28. The highest BCUT2D eigenvalue weighted by Gasteiger charge is 2.31. The topological polar surface area (TPSA) is 136 Å². The number of nitrogens with one attached hydrogen (secondary N) is 1. The number of anilines is 2. The fraction of sp³-hybridized carbons (Fsp3) is 0.200. The van der Waals surface area contributed by atoms with E-state index >= 15 is 0 Å². The minimum absolute atomic E-state index is 0.0837. The first kappa shape index (κ1) is 24.9. The van der Waals surface area contributed by atoms with Crippen LogP contribution in [0.2, 0.25) is 0 Å². The zero-order chi connectivity index (χ0) is 26.0. The molecule has 4 rings (SSSR count). The SMILES string of the molecule is Cc1ccc([N+](=O)[O-])cc1S(=O)(=O)Nc1ccccc1C(=O)O[C@H](C)C(=O)N1CCc2ccccc21. The molecule has 0 aliphatic carbocycles. The van der Waals surface area contributed by atoms with Crippen molar-refractivity contribution in [3.05, 3.63) is 93.5 Å². The second-order valence-electron chi connectivity index (χ2n) is 8.27. The summed E-state index contributed by atoms with van der Waals surface area (Å²) in [5.74, 6) is -1.28. The number of carbonyl (C=O) groups is 2. The van der Waals surface area contributed by atoms with Gasteiger partial charge < -0.3 is 9.64 Å². The van der Waals surface area contributed by atoms with Crippen LogP contribution in [0.15, 0.2) is 71.6 Å². The summed E-state index contributed by atoms with van der Waals surface area (Å²) in [7, 11) is -4.28. The van der Waals surface area contributed by atoms with Crippen molar-refractivity contribution in [3.8, 4) is 0 Å². The molecule has 1 aliphatic heterocycles. The van der Waals surface area contributed by atoms with Crippen LogP contribution in [-0.4, -0.2) is 37.9 Å². The van der Waals surface area contributed by atoms with Crippen LogP contribution in [-0.2, 0) is 26.0 Å². The second-order valence-corrected chi connectivity index (χ2v) is 9.92. The molecule has 0 saturated heterocycles. The van der Waals surface area contributed by atoms with E-state index in [2.05, 4.69) is 4.72 Å². The molecule has 0 fully saturated rings. The molecule has 3 aromatic rings. The Bertz CT molecular complexity index is 1470. The molecule has 1 amide bonds. The van der Waals surface area contributed by atoms with E-state index in [1.54, 1.807) is 4.90 Å². The smallest absolute Gasteiger partial charge is 0.341 e. The molecule has 186 valence electrons. The molecule has 0 unspecified atom stereocenters. The summed E-state index contributed by atoms with van der Waals surface area (Å²) >= 11 is 0. The Morgan fingerprint density at radius 3 is 2.53 bits per heavy atom. The first-order chi connectivity index (χ1) is 17.1. The molecule has 1 heterocycles. The number of fused-ring (bicyclic) bond motifs is 1. The van der Waals surface area contributed by atoms with Gasteiger partial charge in [0.15, 0.2) is 6.10 Å². The van der Waals surface area contributed by atoms with Crippen molar-refractivity contribution in [1.82, 2.24) is 0 Å². The van der Waals surface area contributed by atoms with Gasteiger partial charge in [-0.25, -0.2) is 13.2 Å². The number of esters is 1. The number of sulfonamides is 1. The monoisotopic (exact) mass is 509 g/mol. The maximum absolute atomic E-state index is 13.0. The van der Waals surface area contributed by atoms with E-state index < -0.39 is 32.9 Å². The number of nitro benzene ring substituents is 1. The van der Waals surface area contributed by atoms with Gasteiger partial charge in [0.05, 0.1) is 21.1 Å². The van der Waals surface area contributed by atoms with Gasteiger partial charge in [0.1, 0.15) is 0 Å². The predicted octanol–water partition coefficient (Wildman–Crippen LogP) is 3.84. The van der Waals surface area contributed by atoms with E-state index in [1.165, 1.54) is 50.2 Å². The van der Waals surface area contributed by atoms with Gasteiger partial charge in [-0.1, -0.05) is 36.4 Å². The molecule has 0 saturated carbocycles. The van der Waals surface area contributed by atoms with Crippen molar-refractivity contribution in [1.29, 1.82) is 0 Å². The third-order valence-electron chi connectivity index (χ3n) is 5.85. The Hall–Kier alpha value is -4.25. The van der Waals surface area contributed by atoms with E-state index in [1.807, 2.05) is 24.3 Å². The lowest BCUT2D eigenvalue weighted by Gasteiger charge is -2.22. The van der Waals surface area contributed by atoms with Crippen LogP contribution in [0.5, 0.6) is 0 Å². The number of rotatable bonds is 7. The Morgan fingerprint density at radius 2 is 1.78 bits per heavy atom. The quantitative estimate of drug-likeness (QED) is 0.290. The number of benzene rings is 3. The van der Waals surface area contributed by atoms with Gasteiger partial charge in [-0.2, -0.15) is 0 Å². The van der Waals surface area contributed by atoms with Crippen molar-refractivity contribution >= 4 is 39.0 Å². The van der Waals surface area contributed by atoms with E-state index in [0.717, 1.165) is 17.3 Å². The number of para-hydroxylation sites is 2. The number of aryl methyl sites for hydroxylation is 1. The number of hydrogen-bond donors (Lipinski definition) is 1.